The van der Waals surface area contributed by atoms with Crippen LogP contribution in [0.3, 0.4) is 0 Å². The standard InChI is InChI=1S/C22H23NOS.C17H19N.C6H8OS/c1-3-8-18(9-4-1)22(19-10-5-2-6-11-19)23-16-20(17-23)24-14-13-21-12-7-15-25-21;1-14-12-18(13-14)17(15-8-4-2-5-9-15)16-10-6-3-7-11-16;7-4-3-6-2-1-5-8-6/h1-12,15,20,22H,13-14,16-17H2;2-11,14,17H,12-13H2,1H3;1-2,5,7H,3-4H2. The summed E-state index contributed by atoms with van der Waals surface area (Å²) in [4.78, 5) is 7.74. The monoisotopic (exact) mass is 714 g/mol. The van der Waals surface area contributed by atoms with Crippen LogP contribution in [0.4, 0.5) is 0 Å². The summed E-state index contributed by atoms with van der Waals surface area (Å²) >= 11 is 3.50. The summed E-state index contributed by atoms with van der Waals surface area (Å²) < 4.78 is 6.07. The number of nitrogens with zero attached hydrogens (tertiary/aromatic N) is 2. The molecule has 6 heteroatoms. The molecule has 51 heavy (non-hydrogen) atoms. The van der Waals surface area contributed by atoms with Crippen molar-refractivity contribution in [3.05, 3.63) is 188 Å². The first kappa shape index (κ1) is 36.9. The Bertz CT molecular complexity index is 1680. The number of likely N-dealkylation sites (tertiary alicyclic amines) is 2. The van der Waals surface area contributed by atoms with Crippen LogP contribution < -0.4 is 0 Å². The summed E-state index contributed by atoms with van der Waals surface area (Å²) in [7, 11) is 0. The Morgan fingerprint density at radius 2 is 0.941 bits per heavy atom. The minimum atomic E-state index is 0.264. The molecule has 0 radical (unpaired) electrons. The van der Waals surface area contributed by atoms with E-state index in [-0.39, 0.29) is 6.61 Å². The minimum Gasteiger partial charge on any atom is -0.396 e. The average molecular weight is 715 g/mol. The Balaban J connectivity index is 0.000000150. The molecule has 4 heterocycles. The zero-order valence-corrected chi connectivity index (χ0v) is 31.2. The van der Waals surface area contributed by atoms with E-state index in [9.17, 15) is 0 Å². The maximum absolute atomic E-state index is 8.44. The van der Waals surface area contributed by atoms with E-state index in [2.05, 4.69) is 156 Å². The number of hydrogen-bond acceptors (Lipinski definition) is 6. The molecule has 4 aromatic carbocycles. The number of thiophene rings is 2. The van der Waals surface area contributed by atoms with Crippen LogP contribution in [-0.4, -0.2) is 60.4 Å². The summed E-state index contributed by atoms with van der Waals surface area (Å²) in [6.07, 6.45) is 2.18. The fourth-order valence-electron chi connectivity index (χ4n) is 6.86. The van der Waals surface area contributed by atoms with Gasteiger partial charge in [-0.2, -0.15) is 0 Å². The molecule has 2 aromatic heterocycles. The fraction of sp³-hybridized carbons (Fsp3) is 0.289. The van der Waals surface area contributed by atoms with E-state index >= 15 is 0 Å². The number of benzene rings is 4. The summed E-state index contributed by atoms with van der Waals surface area (Å²) in [6.45, 7) is 7.81. The van der Waals surface area contributed by atoms with E-state index in [1.165, 1.54) is 45.1 Å². The van der Waals surface area contributed by atoms with Gasteiger partial charge in [-0.3, -0.25) is 9.80 Å². The van der Waals surface area contributed by atoms with Crippen LogP contribution in [0.2, 0.25) is 0 Å². The zero-order chi connectivity index (χ0) is 35.1. The van der Waals surface area contributed by atoms with Crippen molar-refractivity contribution in [2.24, 2.45) is 5.92 Å². The molecule has 8 rings (SSSR count). The van der Waals surface area contributed by atoms with Gasteiger partial charge in [0.15, 0.2) is 0 Å². The average Bonchev–Trinajstić information content (AvgIpc) is 3.88. The van der Waals surface area contributed by atoms with E-state index < -0.39 is 0 Å². The zero-order valence-electron chi connectivity index (χ0n) is 29.5. The topological polar surface area (TPSA) is 35.9 Å². The molecule has 4 nitrogen and oxygen atoms in total. The SMILES string of the molecule is CC1CN(C(c2ccccc2)c2ccccc2)C1.OCCc1cccs1.c1ccc(C(c2ccccc2)N2CC(OCCc3cccs3)C2)cc1. The molecule has 2 fully saturated rings. The third-order valence-corrected chi connectivity index (χ3v) is 11.3. The van der Waals surface area contributed by atoms with Crippen LogP contribution in [0, 0.1) is 5.92 Å². The van der Waals surface area contributed by atoms with Gasteiger partial charge in [-0.15, -0.1) is 22.7 Å². The van der Waals surface area contributed by atoms with Crippen molar-refractivity contribution in [3.8, 4) is 0 Å². The molecule has 2 aliphatic rings. The normalized spacial score (nSPS) is 15.0. The highest BCUT2D eigenvalue weighted by atomic mass is 32.1. The highest BCUT2D eigenvalue weighted by Crippen LogP contribution is 2.34. The Morgan fingerprint density at radius 1 is 0.549 bits per heavy atom. The summed E-state index contributed by atoms with van der Waals surface area (Å²) in [5, 5.41) is 12.6. The van der Waals surface area contributed by atoms with Gasteiger partial charge in [0, 0.05) is 55.4 Å². The summed E-state index contributed by atoms with van der Waals surface area (Å²) in [5.41, 5.74) is 5.50. The van der Waals surface area contributed by atoms with Gasteiger partial charge >= 0.3 is 0 Å². The lowest BCUT2D eigenvalue weighted by molar-refractivity contribution is -0.0653. The van der Waals surface area contributed by atoms with Crippen molar-refractivity contribution < 1.29 is 9.84 Å². The first-order valence-electron chi connectivity index (χ1n) is 18.1. The molecule has 0 bridgehead atoms. The second-order valence-electron chi connectivity index (χ2n) is 13.3. The smallest absolute Gasteiger partial charge is 0.0829 e. The number of aliphatic hydroxyl groups is 1. The van der Waals surface area contributed by atoms with Crippen molar-refractivity contribution in [2.45, 2.75) is 38.0 Å². The lowest BCUT2D eigenvalue weighted by atomic mass is 9.91. The van der Waals surface area contributed by atoms with Gasteiger partial charge in [0.05, 0.1) is 24.8 Å². The Labute approximate surface area is 312 Å². The molecule has 0 saturated carbocycles. The number of aliphatic hydroxyl groups excluding tert-OH is 1. The number of rotatable bonds is 12. The van der Waals surface area contributed by atoms with Gasteiger partial charge in [0.25, 0.3) is 0 Å². The minimum absolute atomic E-state index is 0.264. The largest absolute Gasteiger partial charge is 0.396 e. The quantitative estimate of drug-likeness (QED) is 0.137. The summed E-state index contributed by atoms with van der Waals surface area (Å²) in [5.74, 6) is 0.833. The number of hydrogen-bond donors (Lipinski definition) is 1. The van der Waals surface area contributed by atoms with Crippen molar-refractivity contribution >= 4 is 22.7 Å². The third-order valence-electron chi connectivity index (χ3n) is 9.38. The second kappa shape index (κ2) is 19.7. The van der Waals surface area contributed by atoms with Gasteiger partial charge in [-0.25, -0.2) is 0 Å². The highest BCUT2D eigenvalue weighted by Gasteiger charge is 2.34. The molecular weight excluding hydrogens is 665 g/mol. The lowest BCUT2D eigenvalue weighted by Crippen LogP contribution is -2.53. The van der Waals surface area contributed by atoms with Gasteiger partial charge in [-0.1, -0.05) is 140 Å². The molecule has 2 aliphatic heterocycles. The fourth-order valence-corrected chi connectivity index (χ4v) is 8.25. The van der Waals surface area contributed by atoms with Crippen molar-refractivity contribution in [1.82, 2.24) is 9.80 Å². The Kier molecular flexibility index (Phi) is 14.2. The van der Waals surface area contributed by atoms with Crippen LogP contribution in [0.1, 0.15) is 51.0 Å². The second-order valence-corrected chi connectivity index (χ2v) is 15.4. The molecule has 0 atom stereocenters. The molecule has 264 valence electrons. The predicted octanol–water partition coefficient (Wildman–Crippen LogP) is 9.79. The lowest BCUT2D eigenvalue weighted by Gasteiger charge is -2.44. The molecule has 0 amide bonds. The van der Waals surface area contributed by atoms with Crippen molar-refractivity contribution in [3.63, 3.8) is 0 Å². The Hall–Kier alpha value is -3.88. The van der Waals surface area contributed by atoms with Gasteiger partial charge in [0.1, 0.15) is 0 Å². The summed E-state index contributed by atoms with van der Waals surface area (Å²) in [6, 6.07) is 52.3. The molecule has 0 unspecified atom stereocenters. The predicted molar refractivity (Wildman–Crippen MR) is 215 cm³/mol. The van der Waals surface area contributed by atoms with E-state index in [0.717, 1.165) is 38.5 Å². The van der Waals surface area contributed by atoms with Crippen LogP contribution >= 0.6 is 22.7 Å². The van der Waals surface area contributed by atoms with Gasteiger partial charge < -0.3 is 9.84 Å². The molecule has 0 aliphatic carbocycles. The molecule has 2 saturated heterocycles. The van der Waals surface area contributed by atoms with Crippen LogP contribution in [-0.2, 0) is 17.6 Å². The van der Waals surface area contributed by atoms with Crippen LogP contribution in [0.15, 0.2) is 156 Å². The van der Waals surface area contributed by atoms with Gasteiger partial charge in [-0.05, 0) is 51.1 Å². The molecule has 6 aromatic rings. The van der Waals surface area contributed by atoms with Crippen molar-refractivity contribution in [1.29, 1.82) is 0 Å². The molecule has 0 spiro atoms. The Morgan fingerprint density at radius 3 is 1.29 bits per heavy atom. The van der Waals surface area contributed by atoms with E-state index in [1.807, 2.05) is 28.8 Å². The molecular formula is C45H50N2O2S2. The first-order chi connectivity index (χ1) is 25.2. The van der Waals surface area contributed by atoms with E-state index in [1.54, 1.807) is 11.3 Å². The van der Waals surface area contributed by atoms with Crippen LogP contribution in [0.25, 0.3) is 0 Å². The molecule has 1 N–H and O–H groups in total. The van der Waals surface area contributed by atoms with Gasteiger partial charge in [0.2, 0.25) is 0 Å². The number of ether oxygens (including phenoxy) is 1. The van der Waals surface area contributed by atoms with E-state index in [4.69, 9.17) is 9.84 Å². The first-order valence-corrected chi connectivity index (χ1v) is 19.9. The van der Waals surface area contributed by atoms with Crippen molar-refractivity contribution in [2.75, 3.05) is 39.4 Å². The van der Waals surface area contributed by atoms with E-state index in [0.29, 0.717) is 18.2 Å². The van der Waals surface area contributed by atoms with Crippen LogP contribution in [0.5, 0.6) is 0 Å². The third kappa shape index (κ3) is 10.8. The maximum Gasteiger partial charge on any atom is 0.0829 e. The highest BCUT2D eigenvalue weighted by molar-refractivity contribution is 7.10. The maximum atomic E-state index is 8.44.